The minimum absolute atomic E-state index is 0. The monoisotopic (exact) mass is 192 g/mol. The van der Waals surface area contributed by atoms with Gasteiger partial charge in [-0.25, -0.2) is 0 Å². The summed E-state index contributed by atoms with van der Waals surface area (Å²) in [5.41, 5.74) is 0. The first-order valence-corrected chi connectivity index (χ1v) is 3.68. The van der Waals surface area contributed by atoms with Gasteiger partial charge in [0.05, 0.1) is 0 Å². The summed E-state index contributed by atoms with van der Waals surface area (Å²) >= 11 is 0. The molecule has 11 heavy (non-hydrogen) atoms. The molecule has 0 aromatic rings. The summed E-state index contributed by atoms with van der Waals surface area (Å²) in [6.07, 6.45) is 0. The topological polar surface area (TPSA) is 0 Å². The van der Waals surface area contributed by atoms with Crippen LogP contribution >= 0.6 is 0 Å². The van der Waals surface area contributed by atoms with E-state index in [0.717, 1.165) is 0 Å². The van der Waals surface area contributed by atoms with E-state index < -0.39 is 0 Å². The van der Waals surface area contributed by atoms with Crippen molar-refractivity contribution in [1.29, 1.82) is 0 Å². The SMILES string of the molecule is [CH2-]C.[CH2-]C.[CH2-]C.[CH2-]C(C)C.[Ti+4]. The van der Waals surface area contributed by atoms with E-state index in [9.17, 15) is 0 Å². The van der Waals surface area contributed by atoms with Crippen molar-refractivity contribution in [2.45, 2.75) is 34.6 Å². The van der Waals surface area contributed by atoms with E-state index in [1.54, 1.807) is 20.8 Å². The van der Waals surface area contributed by atoms with Crippen LogP contribution in [0.5, 0.6) is 0 Å². The maximum atomic E-state index is 3.64. The first-order chi connectivity index (χ1) is 4.73. The Bertz CT molecular complexity index is 9.59. The summed E-state index contributed by atoms with van der Waals surface area (Å²) in [6, 6.07) is 0. The van der Waals surface area contributed by atoms with Crippen molar-refractivity contribution < 1.29 is 21.7 Å². The van der Waals surface area contributed by atoms with Crippen molar-refractivity contribution in [1.82, 2.24) is 0 Å². The summed E-state index contributed by atoms with van der Waals surface area (Å²) in [4.78, 5) is 0. The number of hydrogen-bond acceptors (Lipinski definition) is 0. The summed E-state index contributed by atoms with van der Waals surface area (Å²) < 4.78 is 0. The maximum Gasteiger partial charge on any atom is 4.00 e. The molecule has 0 bridgehead atoms. The first kappa shape index (κ1) is 29.8. The second-order valence-corrected chi connectivity index (χ2v) is 1.39. The number of hydrogen-bond donors (Lipinski definition) is 0. The first-order valence-electron chi connectivity index (χ1n) is 3.68. The Balaban J connectivity index is -0.0000000152. The molecule has 0 aromatic heterocycles. The standard InChI is InChI=1S/C4H9.3C2H5.Ti/c1-4(2)3;3*1-2;/h4H,1H2,2-3H3;3*1H2,2H3;/q4*-1;+4. The van der Waals surface area contributed by atoms with Crippen molar-refractivity contribution in [2.24, 2.45) is 5.92 Å². The molecule has 0 amide bonds. The van der Waals surface area contributed by atoms with Crippen LogP contribution in [0.1, 0.15) is 34.6 Å². The van der Waals surface area contributed by atoms with Crippen molar-refractivity contribution in [3.63, 3.8) is 0 Å². The van der Waals surface area contributed by atoms with Gasteiger partial charge in [0.2, 0.25) is 0 Å². The third kappa shape index (κ3) is 1590. The average molecular weight is 192 g/mol. The Hall–Kier alpha value is 0.714. The molecule has 0 N–H and O–H groups in total. The second-order valence-electron chi connectivity index (χ2n) is 1.39. The third-order valence-electron chi connectivity index (χ3n) is 0. The van der Waals surface area contributed by atoms with Crippen molar-refractivity contribution in [3.05, 3.63) is 27.7 Å². The van der Waals surface area contributed by atoms with Crippen LogP contribution in [0.25, 0.3) is 0 Å². The average Bonchev–Trinajstić information content (AvgIpc) is 1.98. The van der Waals surface area contributed by atoms with Crippen LogP contribution in [0.15, 0.2) is 0 Å². The zero-order chi connectivity index (χ0) is 9.58. The van der Waals surface area contributed by atoms with E-state index in [0.29, 0.717) is 5.92 Å². The Morgan fingerprint density at radius 1 is 0.727 bits per heavy atom. The van der Waals surface area contributed by atoms with Gasteiger partial charge >= 0.3 is 21.7 Å². The zero-order valence-corrected chi connectivity index (χ0v) is 10.5. The van der Waals surface area contributed by atoms with Gasteiger partial charge in [-0.05, 0) is 0 Å². The van der Waals surface area contributed by atoms with Crippen LogP contribution in [-0.2, 0) is 21.7 Å². The molecule has 0 unspecified atom stereocenters. The van der Waals surface area contributed by atoms with Crippen LogP contribution in [-0.4, -0.2) is 0 Å². The quantitative estimate of drug-likeness (QED) is 0.402. The summed E-state index contributed by atoms with van der Waals surface area (Å²) in [6.45, 7) is 22.8. The van der Waals surface area contributed by atoms with Gasteiger partial charge in [-0.2, -0.15) is 26.7 Å². The Labute approximate surface area is 90.0 Å². The van der Waals surface area contributed by atoms with Gasteiger partial charge in [0.15, 0.2) is 0 Å². The molecule has 0 saturated carbocycles. The van der Waals surface area contributed by atoms with E-state index in [-0.39, 0.29) is 21.7 Å². The van der Waals surface area contributed by atoms with Crippen LogP contribution in [0.3, 0.4) is 0 Å². The summed E-state index contributed by atoms with van der Waals surface area (Å²) in [7, 11) is 0. The molecule has 68 valence electrons. The molecule has 1 heteroatoms. The van der Waals surface area contributed by atoms with E-state index in [1.807, 2.05) is 0 Å². The van der Waals surface area contributed by atoms with Crippen molar-refractivity contribution in [3.8, 4) is 0 Å². The third-order valence-corrected chi connectivity index (χ3v) is 0. The maximum absolute atomic E-state index is 3.64. The molecule has 0 radical (unpaired) electrons. The second kappa shape index (κ2) is 73.3. The van der Waals surface area contributed by atoms with E-state index in [4.69, 9.17) is 0 Å². The minimum Gasteiger partial charge on any atom is -0.346 e. The van der Waals surface area contributed by atoms with E-state index in [1.165, 1.54) is 0 Å². The molecule has 0 fully saturated rings. The molecule has 0 aromatic carbocycles. The van der Waals surface area contributed by atoms with Crippen molar-refractivity contribution >= 4 is 0 Å². The zero-order valence-electron chi connectivity index (χ0n) is 8.91. The van der Waals surface area contributed by atoms with Crippen LogP contribution < -0.4 is 0 Å². The van der Waals surface area contributed by atoms with Crippen molar-refractivity contribution in [2.75, 3.05) is 0 Å². The molecule has 0 nitrogen and oxygen atoms in total. The van der Waals surface area contributed by atoms with Gasteiger partial charge in [-0.1, -0.05) is 13.8 Å². The van der Waals surface area contributed by atoms with Gasteiger partial charge in [-0.15, -0.1) is 0 Å². The molecule has 0 aliphatic carbocycles. The smallest absolute Gasteiger partial charge is 0.346 e. The van der Waals surface area contributed by atoms with Gasteiger partial charge in [-0.3, -0.25) is 0 Å². The summed E-state index contributed by atoms with van der Waals surface area (Å²) in [5.74, 6) is 0.583. The predicted molar refractivity (Wildman–Crippen MR) is 53.3 cm³/mol. The summed E-state index contributed by atoms with van der Waals surface area (Å²) in [5, 5.41) is 0. The molecular weight excluding hydrogens is 168 g/mol. The number of rotatable bonds is 0. The Morgan fingerprint density at radius 3 is 0.727 bits per heavy atom. The molecular formula is C10H24Ti. The fourth-order valence-electron chi connectivity index (χ4n) is 0. The fraction of sp³-hybridized carbons (Fsp3) is 0.600. The van der Waals surface area contributed by atoms with Crippen LogP contribution in [0, 0.1) is 33.6 Å². The molecule has 0 atom stereocenters. The van der Waals surface area contributed by atoms with Gasteiger partial charge in [0.1, 0.15) is 0 Å². The minimum atomic E-state index is 0. The molecule has 0 heterocycles. The largest absolute Gasteiger partial charge is 4.00 e. The fourth-order valence-corrected chi connectivity index (χ4v) is 0. The van der Waals surface area contributed by atoms with E-state index in [2.05, 4.69) is 41.5 Å². The van der Waals surface area contributed by atoms with E-state index >= 15 is 0 Å². The van der Waals surface area contributed by atoms with Gasteiger partial charge in [0, 0.05) is 0 Å². The molecule has 0 aliphatic rings. The molecule has 0 aliphatic heterocycles. The van der Waals surface area contributed by atoms with Crippen LogP contribution in [0.4, 0.5) is 0 Å². The van der Waals surface area contributed by atoms with Gasteiger partial charge < -0.3 is 27.7 Å². The van der Waals surface area contributed by atoms with Gasteiger partial charge in [0.25, 0.3) is 0 Å². The molecule has 0 spiro atoms. The Kier molecular flexibility index (Phi) is 199. The molecule has 0 rings (SSSR count). The normalized spacial score (nSPS) is 4.91. The van der Waals surface area contributed by atoms with Crippen LogP contribution in [0.2, 0.25) is 0 Å². The Morgan fingerprint density at radius 2 is 0.727 bits per heavy atom. The molecule has 0 saturated heterocycles. The predicted octanol–water partition coefficient (Wildman–Crippen LogP) is 4.00.